The number of nitrogens with two attached hydrogens (primary N) is 1. The molecule has 0 saturated heterocycles. The second-order valence-electron chi connectivity index (χ2n) is 5.88. The van der Waals surface area contributed by atoms with Gasteiger partial charge in [0, 0.05) is 6.04 Å². The molecule has 0 amide bonds. The number of hydrogen-bond acceptors (Lipinski definition) is 2. The van der Waals surface area contributed by atoms with E-state index in [1.54, 1.807) is 0 Å². The van der Waals surface area contributed by atoms with Gasteiger partial charge in [-0.05, 0) is 42.4 Å². The molecule has 0 heterocycles. The summed E-state index contributed by atoms with van der Waals surface area (Å²) in [6, 6.07) is 6.70. The average molecular weight is 249 g/mol. The third-order valence-corrected chi connectivity index (χ3v) is 3.23. The molecule has 0 aliphatic heterocycles. The van der Waals surface area contributed by atoms with Crippen LogP contribution in [0.2, 0.25) is 0 Å². The van der Waals surface area contributed by atoms with Crippen LogP contribution in [0.25, 0.3) is 0 Å². The van der Waals surface area contributed by atoms with Gasteiger partial charge in [-0.2, -0.15) is 0 Å². The molecule has 2 N–H and O–H groups in total. The van der Waals surface area contributed by atoms with E-state index in [0.29, 0.717) is 6.61 Å². The quantitative estimate of drug-likeness (QED) is 0.864. The van der Waals surface area contributed by atoms with Gasteiger partial charge >= 0.3 is 0 Å². The third kappa shape index (κ3) is 4.02. The zero-order valence-corrected chi connectivity index (χ0v) is 12.4. The summed E-state index contributed by atoms with van der Waals surface area (Å²) in [4.78, 5) is 0. The lowest BCUT2D eigenvalue weighted by atomic mass is 9.85. The zero-order chi connectivity index (χ0) is 13.8. The molecule has 1 atom stereocenters. The summed E-state index contributed by atoms with van der Waals surface area (Å²) < 4.78 is 5.69. The Labute approximate surface area is 112 Å². The smallest absolute Gasteiger partial charge is 0.122 e. The van der Waals surface area contributed by atoms with Crippen molar-refractivity contribution < 1.29 is 4.74 Å². The fraction of sp³-hybridized carbons (Fsp3) is 0.625. The normalized spacial score (nSPS) is 13.4. The summed E-state index contributed by atoms with van der Waals surface area (Å²) in [6.45, 7) is 11.5. The minimum atomic E-state index is 0.163. The summed E-state index contributed by atoms with van der Waals surface area (Å²) in [6.07, 6.45) is 1.88. The molecule has 0 saturated carbocycles. The second-order valence-corrected chi connectivity index (χ2v) is 5.88. The van der Waals surface area contributed by atoms with Crippen LogP contribution in [0.1, 0.15) is 52.2 Å². The molecule has 0 aliphatic carbocycles. The minimum absolute atomic E-state index is 0.163. The lowest BCUT2D eigenvalue weighted by Crippen LogP contribution is -2.22. The van der Waals surface area contributed by atoms with E-state index in [4.69, 9.17) is 10.5 Å². The van der Waals surface area contributed by atoms with Crippen molar-refractivity contribution in [2.75, 3.05) is 6.61 Å². The topological polar surface area (TPSA) is 35.2 Å². The number of ether oxygens (including phenoxy) is 1. The highest BCUT2D eigenvalue weighted by atomic mass is 16.5. The molecule has 0 bridgehead atoms. The van der Waals surface area contributed by atoms with E-state index in [-0.39, 0.29) is 11.5 Å². The predicted molar refractivity (Wildman–Crippen MR) is 78.3 cm³/mol. The minimum Gasteiger partial charge on any atom is -0.494 e. The molecule has 102 valence electrons. The highest BCUT2D eigenvalue weighted by molar-refractivity contribution is 5.40. The zero-order valence-electron chi connectivity index (χ0n) is 12.4. The van der Waals surface area contributed by atoms with Crippen molar-refractivity contribution >= 4 is 0 Å². The molecule has 0 radical (unpaired) electrons. The van der Waals surface area contributed by atoms with E-state index < -0.39 is 0 Å². The van der Waals surface area contributed by atoms with E-state index in [1.807, 2.05) is 6.92 Å². The fourth-order valence-corrected chi connectivity index (χ4v) is 1.93. The van der Waals surface area contributed by atoms with Crippen LogP contribution in [0.3, 0.4) is 0 Å². The van der Waals surface area contributed by atoms with Crippen molar-refractivity contribution in [3.05, 3.63) is 29.3 Å². The molecule has 2 heteroatoms. The van der Waals surface area contributed by atoms with Gasteiger partial charge in [-0.15, -0.1) is 0 Å². The standard InChI is InChI=1S/C16H27NO/c1-6-14(17)11-12-10-13(16(3,4)5)8-9-15(12)18-7-2/h8-10,14H,6-7,11,17H2,1-5H3. The molecule has 0 aliphatic rings. The molecule has 18 heavy (non-hydrogen) atoms. The highest BCUT2D eigenvalue weighted by Crippen LogP contribution is 2.29. The van der Waals surface area contributed by atoms with Gasteiger partial charge in [0.1, 0.15) is 5.75 Å². The van der Waals surface area contributed by atoms with Crippen molar-refractivity contribution in [2.45, 2.75) is 58.9 Å². The molecule has 0 fully saturated rings. The van der Waals surface area contributed by atoms with Crippen molar-refractivity contribution in [3.8, 4) is 5.75 Å². The Bertz CT molecular complexity index is 379. The molecule has 0 spiro atoms. The van der Waals surface area contributed by atoms with Crippen molar-refractivity contribution in [1.82, 2.24) is 0 Å². The fourth-order valence-electron chi connectivity index (χ4n) is 1.93. The van der Waals surface area contributed by atoms with Gasteiger partial charge in [0.2, 0.25) is 0 Å². The lowest BCUT2D eigenvalue weighted by Gasteiger charge is -2.22. The first kappa shape index (κ1) is 15.0. The van der Waals surface area contributed by atoms with Crippen LogP contribution >= 0.6 is 0 Å². The van der Waals surface area contributed by atoms with Gasteiger partial charge in [0.25, 0.3) is 0 Å². The van der Waals surface area contributed by atoms with Crippen LogP contribution in [0.15, 0.2) is 18.2 Å². The monoisotopic (exact) mass is 249 g/mol. The Balaban J connectivity index is 3.07. The molecule has 1 unspecified atom stereocenters. The van der Waals surface area contributed by atoms with Crippen molar-refractivity contribution in [2.24, 2.45) is 5.73 Å². The van der Waals surface area contributed by atoms with Gasteiger partial charge in [0.05, 0.1) is 6.61 Å². The molecule has 2 nitrogen and oxygen atoms in total. The number of hydrogen-bond donors (Lipinski definition) is 1. The van der Waals surface area contributed by atoms with Crippen LogP contribution < -0.4 is 10.5 Å². The average Bonchev–Trinajstić information content (AvgIpc) is 2.30. The number of benzene rings is 1. The SMILES string of the molecule is CCOc1ccc(C(C)(C)C)cc1CC(N)CC. The first-order valence-electron chi connectivity index (χ1n) is 6.90. The summed E-state index contributed by atoms with van der Waals surface area (Å²) in [5, 5.41) is 0. The third-order valence-electron chi connectivity index (χ3n) is 3.23. The first-order valence-corrected chi connectivity index (χ1v) is 6.90. The molecular weight excluding hydrogens is 222 g/mol. The molecule has 0 aromatic heterocycles. The predicted octanol–water partition coefficient (Wildman–Crippen LogP) is 3.66. The van der Waals surface area contributed by atoms with Gasteiger partial charge in [-0.3, -0.25) is 0 Å². The number of rotatable bonds is 5. The van der Waals surface area contributed by atoms with Crippen LogP contribution in [-0.2, 0) is 11.8 Å². The van der Waals surface area contributed by atoms with Gasteiger partial charge < -0.3 is 10.5 Å². The van der Waals surface area contributed by atoms with Crippen LogP contribution in [0.4, 0.5) is 0 Å². The van der Waals surface area contributed by atoms with Gasteiger partial charge in [0.15, 0.2) is 0 Å². The first-order chi connectivity index (χ1) is 8.38. The Hall–Kier alpha value is -1.02. The largest absolute Gasteiger partial charge is 0.494 e. The Morgan fingerprint density at radius 3 is 2.39 bits per heavy atom. The van der Waals surface area contributed by atoms with E-state index in [9.17, 15) is 0 Å². The van der Waals surface area contributed by atoms with E-state index >= 15 is 0 Å². The molecule has 1 aromatic carbocycles. The summed E-state index contributed by atoms with van der Waals surface area (Å²) in [5.41, 5.74) is 8.81. The molecule has 1 rings (SSSR count). The van der Waals surface area contributed by atoms with E-state index in [1.165, 1.54) is 11.1 Å². The van der Waals surface area contributed by atoms with Gasteiger partial charge in [-0.25, -0.2) is 0 Å². The summed E-state index contributed by atoms with van der Waals surface area (Å²) in [5.74, 6) is 0.981. The second kappa shape index (κ2) is 6.24. The molecular formula is C16H27NO. The maximum absolute atomic E-state index is 6.07. The summed E-state index contributed by atoms with van der Waals surface area (Å²) >= 11 is 0. The lowest BCUT2D eigenvalue weighted by molar-refractivity contribution is 0.335. The van der Waals surface area contributed by atoms with Crippen molar-refractivity contribution in [1.29, 1.82) is 0 Å². The maximum Gasteiger partial charge on any atom is 0.122 e. The molecule has 1 aromatic rings. The van der Waals surface area contributed by atoms with Crippen molar-refractivity contribution in [3.63, 3.8) is 0 Å². The van der Waals surface area contributed by atoms with Crippen LogP contribution in [0, 0.1) is 0 Å². The maximum atomic E-state index is 6.07. The van der Waals surface area contributed by atoms with Crippen LogP contribution in [0.5, 0.6) is 5.75 Å². The van der Waals surface area contributed by atoms with E-state index in [2.05, 4.69) is 45.9 Å². The highest BCUT2D eigenvalue weighted by Gasteiger charge is 2.16. The Morgan fingerprint density at radius 1 is 1.22 bits per heavy atom. The van der Waals surface area contributed by atoms with E-state index in [0.717, 1.165) is 18.6 Å². The summed E-state index contributed by atoms with van der Waals surface area (Å²) in [7, 11) is 0. The Kier molecular flexibility index (Phi) is 5.21. The van der Waals surface area contributed by atoms with Gasteiger partial charge in [-0.1, -0.05) is 39.8 Å². The Morgan fingerprint density at radius 2 is 1.89 bits per heavy atom. The van der Waals surface area contributed by atoms with Crippen LogP contribution in [-0.4, -0.2) is 12.6 Å².